The van der Waals surface area contributed by atoms with Gasteiger partial charge < -0.3 is 10.0 Å². The summed E-state index contributed by atoms with van der Waals surface area (Å²) in [6.07, 6.45) is 0.826. The van der Waals surface area contributed by atoms with E-state index in [0.717, 1.165) is 37.4 Å². The van der Waals surface area contributed by atoms with Crippen molar-refractivity contribution in [3.8, 4) is 0 Å². The molecular weight excluding hydrogens is 308 g/mol. The van der Waals surface area contributed by atoms with Gasteiger partial charge >= 0.3 is 0 Å². The second kappa shape index (κ2) is 8.85. The zero-order chi connectivity index (χ0) is 15.9. The second-order valence-electron chi connectivity index (χ2n) is 4.76. The maximum absolute atomic E-state index is 12.5. The van der Waals surface area contributed by atoms with Crippen molar-refractivity contribution >= 4 is 21.4 Å². The molecule has 0 radical (unpaired) electrons. The summed E-state index contributed by atoms with van der Waals surface area (Å²) >= 11 is 1.14. The predicted octanol–water partition coefficient (Wildman–Crippen LogP) is 1.98. The lowest BCUT2D eigenvalue weighted by molar-refractivity contribution is 0.285. The Morgan fingerprint density at radius 3 is 2.24 bits per heavy atom. The van der Waals surface area contributed by atoms with Gasteiger partial charge in [0.15, 0.2) is 0 Å². The molecule has 21 heavy (non-hydrogen) atoms. The van der Waals surface area contributed by atoms with E-state index in [2.05, 4.69) is 18.7 Å². The zero-order valence-corrected chi connectivity index (χ0v) is 14.7. The second-order valence-corrected chi connectivity index (χ2v) is 8.09. The van der Waals surface area contributed by atoms with E-state index in [1.807, 2.05) is 6.92 Å². The van der Waals surface area contributed by atoms with E-state index in [1.54, 1.807) is 12.1 Å². The monoisotopic (exact) mass is 334 g/mol. The average Bonchev–Trinajstić information content (AvgIpc) is 2.97. The fourth-order valence-electron chi connectivity index (χ4n) is 2.17. The van der Waals surface area contributed by atoms with Gasteiger partial charge in [0.25, 0.3) is 10.0 Å². The van der Waals surface area contributed by atoms with Crippen LogP contribution in [0.1, 0.15) is 32.1 Å². The van der Waals surface area contributed by atoms with Crippen LogP contribution in [0.3, 0.4) is 0 Å². The molecule has 0 unspecified atom stereocenters. The molecular formula is C14H26N2O3S2. The van der Waals surface area contributed by atoms with Crippen molar-refractivity contribution in [2.45, 2.75) is 38.0 Å². The van der Waals surface area contributed by atoms with Gasteiger partial charge in [-0.05, 0) is 38.2 Å². The van der Waals surface area contributed by atoms with Crippen LogP contribution in [0.25, 0.3) is 0 Å². The highest BCUT2D eigenvalue weighted by atomic mass is 32.2. The first-order valence-corrected chi connectivity index (χ1v) is 9.67. The maximum Gasteiger partial charge on any atom is 0.252 e. The van der Waals surface area contributed by atoms with Crippen LogP contribution in [0.15, 0.2) is 16.3 Å². The molecule has 0 aromatic carbocycles. The van der Waals surface area contributed by atoms with Crippen LogP contribution in [-0.4, -0.2) is 55.5 Å². The summed E-state index contributed by atoms with van der Waals surface area (Å²) in [4.78, 5) is 2.96. The molecule has 0 amide bonds. The highest BCUT2D eigenvalue weighted by molar-refractivity contribution is 7.91. The lowest BCUT2D eigenvalue weighted by Crippen LogP contribution is -2.34. The van der Waals surface area contributed by atoms with Gasteiger partial charge in [-0.2, -0.15) is 4.31 Å². The molecule has 1 aromatic heterocycles. The maximum atomic E-state index is 12.5. The average molecular weight is 335 g/mol. The van der Waals surface area contributed by atoms with Crippen molar-refractivity contribution in [1.82, 2.24) is 9.21 Å². The molecule has 1 heterocycles. The van der Waals surface area contributed by atoms with E-state index >= 15 is 0 Å². The number of thiophene rings is 1. The summed E-state index contributed by atoms with van der Waals surface area (Å²) in [5, 5.41) is 9.07. The molecule has 1 aromatic rings. The van der Waals surface area contributed by atoms with Crippen LogP contribution in [0, 0.1) is 0 Å². The van der Waals surface area contributed by atoms with Crippen LogP contribution in [0.5, 0.6) is 0 Å². The number of hydrogen-bond acceptors (Lipinski definition) is 5. The highest BCUT2D eigenvalue weighted by Gasteiger charge is 2.24. The Kier molecular flexibility index (Phi) is 7.83. The quantitative estimate of drug-likeness (QED) is 0.711. The third kappa shape index (κ3) is 5.03. The largest absolute Gasteiger partial charge is 0.391 e. The lowest BCUT2D eigenvalue weighted by Gasteiger charge is -2.22. The molecule has 0 saturated heterocycles. The third-order valence-electron chi connectivity index (χ3n) is 3.52. The van der Waals surface area contributed by atoms with E-state index in [4.69, 9.17) is 5.11 Å². The number of rotatable bonds is 10. The van der Waals surface area contributed by atoms with Crippen molar-refractivity contribution in [2.75, 3.05) is 32.7 Å². The first-order chi connectivity index (χ1) is 9.99. The van der Waals surface area contributed by atoms with Gasteiger partial charge in [-0.3, -0.25) is 0 Å². The Hall–Kier alpha value is -0.470. The number of aliphatic hydroxyl groups is 1. The molecule has 122 valence electrons. The number of nitrogens with zero attached hydrogens (tertiary/aromatic N) is 2. The first-order valence-electron chi connectivity index (χ1n) is 7.41. The van der Waals surface area contributed by atoms with E-state index in [-0.39, 0.29) is 6.61 Å². The van der Waals surface area contributed by atoms with Gasteiger partial charge in [0, 0.05) is 18.0 Å². The standard InChI is InChI=1S/C14H26N2O3S2/c1-4-15(5-2)10-7-11-16(6-3)21(18,19)14-9-8-13(12-17)20-14/h8-9,17H,4-7,10-12H2,1-3H3. The molecule has 0 aliphatic carbocycles. The Balaban J connectivity index is 2.69. The summed E-state index contributed by atoms with van der Waals surface area (Å²) in [5.41, 5.74) is 0. The minimum atomic E-state index is -3.43. The van der Waals surface area contributed by atoms with E-state index in [9.17, 15) is 8.42 Å². The van der Waals surface area contributed by atoms with Crippen molar-refractivity contribution in [1.29, 1.82) is 0 Å². The van der Waals surface area contributed by atoms with Crippen LogP contribution in [-0.2, 0) is 16.6 Å². The molecule has 5 nitrogen and oxygen atoms in total. The Morgan fingerprint density at radius 1 is 1.10 bits per heavy atom. The van der Waals surface area contributed by atoms with Crippen LogP contribution < -0.4 is 0 Å². The lowest BCUT2D eigenvalue weighted by atomic mass is 10.3. The predicted molar refractivity (Wildman–Crippen MR) is 87.1 cm³/mol. The summed E-state index contributed by atoms with van der Waals surface area (Å²) < 4.78 is 26.9. The van der Waals surface area contributed by atoms with E-state index < -0.39 is 10.0 Å². The molecule has 0 fully saturated rings. The molecule has 1 N–H and O–H groups in total. The van der Waals surface area contributed by atoms with E-state index in [0.29, 0.717) is 22.2 Å². The fourth-order valence-corrected chi connectivity index (χ4v) is 5.03. The molecule has 7 heteroatoms. The Labute approximate surface area is 132 Å². The molecule has 0 aliphatic rings. The third-order valence-corrected chi connectivity index (χ3v) is 7.03. The normalized spacial score (nSPS) is 12.5. The summed E-state index contributed by atoms with van der Waals surface area (Å²) in [6.45, 7) is 9.84. The smallest absolute Gasteiger partial charge is 0.252 e. The minimum absolute atomic E-state index is 0.117. The Morgan fingerprint density at radius 2 is 1.76 bits per heavy atom. The summed E-state index contributed by atoms with van der Waals surface area (Å²) in [7, 11) is -3.43. The molecule has 0 saturated carbocycles. The van der Waals surface area contributed by atoms with Crippen molar-refractivity contribution in [3.63, 3.8) is 0 Å². The molecule has 0 bridgehead atoms. The van der Waals surface area contributed by atoms with Crippen LogP contribution in [0.2, 0.25) is 0 Å². The zero-order valence-electron chi connectivity index (χ0n) is 13.1. The van der Waals surface area contributed by atoms with Crippen molar-refractivity contribution in [3.05, 3.63) is 17.0 Å². The minimum Gasteiger partial charge on any atom is -0.391 e. The molecule has 0 spiro atoms. The van der Waals surface area contributed by atoms with E-state index in [1.165, 1.54) is 4.31 Å². The van der Waals surface area contributed by atoms with Gasteiger partial charge in [0.1, 0.15) is 4.21 Å². The van der Waals surface area contributed by atoms with Gasteiger partial charge in [-0.25, -0.2) is 8.42 Å². The highest BCUT2D eigenvalue weighted by Crippen LogP contribution is 2.25. The first kappa shape index (κ1) is 18.6. The molecule has 0 atom stereocenters. The van der Waals surface area contributed by atoms with Gasteiger partial charge in [0.05, 0.1) is 6.61 Å². The van der Waals surface area contributed by atoms with Crippen LogP contribution >= 0.6 is 11.3 Å². The SMILES string of the molecule is CCN(CC)CCCN(CC)S(=O)(=O)c1ccc(CO)s1. The van der Waals surface area contributed by atoms with Gasteiger partial charge in [-0.1, -0.05) is 20.8 Å². The topological polar surface area (TPSA) is 60.9 Å². The number of hydrogen-bond donors (Lipinski definition) is 1. The Bertz CT molecular complexity index is 510. The fraction of sp³-hybridized carbons (Fsp3) is 0.714. The number of aliphatic hydroxyl groups excluding tert-OH is 1. The summed E-state index contributed by atoms with van der Waals surface area (Å²) in [6, 6.07) is 3.25. The van der Waals surface area contributed by atoms with Crippen molar-refractivity contribution < 1.29 is 13.5 Å². The van der Waals surface area contributed by atoms with Gasteiger partial charge in [-0.15, -0.1) is 11.3 Å². The molecule has 1 rings (SSSR count). The van der Waals surface area contributed by atoms with Crippen molar-refractivity contribution in [2.24, 2.45) is 0 Å². The van der Waals surface area contributed by atoms with Gasteiger partial charge in [0.2, 0.25) is 0 Å². The molecule has 0 aliphatic heterocycles. The number of sulfonamides is 1. The summed E-state index contributed by atoms with van der Waals surface area (Å²) in [5.74, 6) is 0. The van der Waals surface area contributed by atoms with Crippen LogP contribution in [0.4, 0.5) is 0 Å².